The standard InChI is InChI=1S/C33H45ClF3N7O4S/c1-8-26(40-42(7)17-12-22-20-31(5,6)43(21-22)29(46)48-30(2,3)4)49-41-28(45)23-10-11-24(38-27(23)34)44-18-13-25(39-44)47-19-9-14-32(15-16-32)33(35,36)37/h8,10-11,13,18,22H,1,9,12,14-17,19-21H2,2-7H3,(H,41,45)/b40-26+. The minimum absolute atomic E-state index is 0.0315. The molecule has 11 nitrogen and oxygen atoms in total. The minimum Gasteiger partial charge on any atom is -0.477 e. The Bertz CT molecular complexity index is 1540. The fourth-order valence-electron chi connectivity index (χ4n) is 5.71. The molecule has 2 aromatic rings. The summed E-state index contributed by atoms with van der Waals surface area (Å²) >= 11 is 7.34. The Morgan fingerprint density at radius 2 is 1.96 bits per heavy atom. The van der Waals surface area contributed by atoms with Gasteiger partial charge >= 0.3 is 12.3 Å². The Morgan fingerprint density at radius 3 is 2.57 bits per heavy atom. The van der Waals surface area contributed by atoms with Crippen LogP contribution in [0.3, 0.4) is 0 Å². The van der Waals surface area contributed by atoms with E-state index in [9.17, 15) is 22.8 Å². The summed E-state index contributed by atoms with van der Waals surface area (Å²) in [5.41, 5.74) is -2.29. The average Bonchev–Trinajstić information content (AvgIpc) is 3.55. The van der Waals surface area contributed by atoms with Crippen LogP contribution in [0.2, 0.25) is 5.15 Å². The Labute approximate surface area is 294 Å². The molecule has 2 fully saturated rings. The van der Waals surface area contributed by atoms with Crippen LogP contribution in [-0.2, 0) is 4.74 Å². The highest BCUT2D eigenvalue weighted by atomic mass is 35.5. The van der Waals surface area contributed by atoms with E-state index in [1.807, 2.05) is 41.7 Å². The molecule has 1 aliphatic carbocycles. The van der Waals surface area contributed by atoms with Gasteiger partial charge in [-0.2, -0.15) is 18.3 Å². The molecule has 270 valence electrons. The molecular weight excluding hydrogens is 683 g/mol. The quantitative estimate of drug-likeness (QED) is 0.0592. The molecule has 1 saturated carbocycles. The molecule has 1 unspecified atom stereocenters. The van der Waals surface area contributed by atoms with Gasteiger partial charge in [0, 0.05) is 49.9 Å². The molecule has 0 spiro atoms. The number of hydrogen-bond donors (Lipinski definition) is 1. The van der Waals surface area contributed by atoms with Gasteiger partial charge in [0.25, 0.3) is 5.91 Å². The van der Waals surface area contributed by atoms with E-state index < -0.39 is 23.1 Å². The second-order valence-electron chi connectivity index (χ2n) is 14.2. The molecule has 0 aromatic carbocycles. The van der Waals surface area contributed by atoms with Gasteiger partial charge in [0.1, 0.15) is 15.8 Å². The molecule has 1 aliphatic heterocycles. The first kappa shape index (κ1) is 38.3. The maximum atomic E-state index is 13.1. The van der Waals surface area contributed by atoms with Crippen molar-refractivity contribution in [3.63, 3.8) is 0 Å². The number of hydrogen-bond acceptors (Lipinski definition) is 9. The van der Waals surface area contributed by atoms with E-state index in [1.165, 1.54) is 16.8 Å². The predicted octanol–water partition coefficient (Wildman–Crippen LogP) is 7.66. The predicted molar refractivity (Wildman–Crippen MR) is 184 cm³/mol. The van der Waals surface area contributed by atoms with E-state index in [-0.39, 0.29) is 66.4 Å². The van der Waals surface area contributed by atoms with Gasteiger partial charge in [0.15, 0.2) is 5.82 Å². The first-order chi connectivity index (χ1) is 22.8. The molecule has 4 rings (SSSR count). The van der Waals surface area contributed by atoms with Crippen molar-refractivity contribution in [2.75, 3.05) is 26.7 Å². The third kappa shape index (κ3) is 10.3. The molecule has 49 heavy (non-hydrogen) atoms. The largest absolute Gasteiger partial charge is 0.477 e. The van der Waals surface area contributed by atoms with Crippen LogP contribution in [0.1, 0.15) is 83.5 Å². The summed E-state index contributed by atoms with van der Waals surface area (Å²) in [6.45, 7) is 14.8. The minimum atomic E-state index is -4.18. The van der Waals surface area contributed by atoms with Crippen LogP contribution < -0.4 is 9.46 Å². The number of nitrogens with zero attached hydrogens (tertiary/aromatic N) is 6. The number of pyridine rings is 1. The summed E-state index contributed by atoms with van der Waals surface area (Å²) in [6.07, 6.45) is 0.928. The van der Waals surface area contributed by atoms with Crippen molar-refractivity contribution in [3.8, 4) is 11.7 Å². The molecule has 0 radical (unpaired) electrons. The summed E-state index contributed by atoms with van der Waals surface area (Å²) < 4.78 is 54.6. The van der Waals surface area contributed by atoms with Crippen molar-refractivity contribution >= 4 is 40.6 Å². The number of alkyl halides is 3. The van der Waals surface area contributed by atoms with E-state index in [0.717, 1.165) is 24.8 Å². The second-order valence-corrected chi connectivity index (χ2v) is 15.3. The van der Waals surface area contributed by atoms with Gasteiger partial charge in [0.05, 0.1) is 17.6 Å². The van der Waals surface area contributed by atoms with Gasteiger partial charge in [-0.3, -0.25) is 14.5 Å². The lowest BCUT2D eigenvalue weighted by atomic mass is 9.94. The van der Waals surface area contributed by atoms with Crippen LogP contribution >= 0.6 is 23.5 Å². The Hall–Kier alpha value is -3.46. The number of rotatable bonds is 12. The summed E-state index contributed by atoms with van der Waals surface area (Å²) in [4.78, 5) is 31.7. The topological polar surface area (TPSA) is 114 Å². The van der Waals surface area contributed by atoms with Gasteiger partial charge in [-0.1, -0.05) is 18.2 Å². The van der Waals surface area contributed by atoms with E-state index in [2.05, 4.69) is 26.5 Å². The van der Waals surface area contributed by atoms with Crippen molar-refractivity contribution in [2.45, 2.75) is 90.5 Å². The highest BCUT2D eigenvalue weighted by molar-refractivity contribution is 8.13. The van der Waals surface area contributed by atoms with Gasteiger partial charge in [-0.15, -0.1) is 5.10 Å². The van der Waals surface area contributed by atoms with Crippen LogP contribution in [0.5, 0.6) is 5.88 Å². The maximum absolute atomic E-state index is 13.1. The molecule has 16 heteroatoms. The lowest BCUT2D eigenvalue weighted by Crippen LogP contribution is -2.45. The normalized spacial score (nSPS) is 18.6. The van der Waals surface area contributed by atoms with Crippen LogP contribution in [0.4, 0.5) is 18.0 Å². The average molecular weight is 728 g/mol. The number of carbonyl (C=O) groups excluding carboxylic acids is 2. The summed E-state index contributed by atoms with van der Waals surface area (Å²) in [5.74, 6) is 0.361. The SMILES string of the molecule is C=C/C(=N\N(C)CCC1CN(C(=O)OC(C)(C)C)C(C)(C)C1)SNC(=O)c1ccc(-n2ccc(OCCCC3(C(F)(F)F)CC3)n2)nc1Cl. The van der Waals surface area contributed by atoms with E-state index in [4.69, 9.17) is 21.1 Å². The third-order valence-corrected chi connectivity index (χ3v) is 9.54. The van der Waals surface area contributed by atoms with Crippen LogP contribution in [0.25, 0.3) is 5.82 Å². The zero-order valence-electron chi connectivity index (χ0n) is 28.8. The molecule has 1 saturated heterocycles. The third-order valence-electron chi connectivity index (χ3n) is 8.51. The first-order valence-electron chi connectivity index (χ1n) is 16.1. The zero-order valence-corrected chi connectivity index (χ0v) is 30.3. The van der Waals surface area contributed by atoms with Crippen LogP contribution in [0.15, 0.2) is 42.2 Å². The summed E-state index contributed by atoms with van der Waals surface area (Å²) in [5, 5.41) is 11.0. The number of halogens is 4. The smallest absolute Gasteiger partial charge is 0.410 e. The molecule has 0 bridgehead atoms. The van der Waals surface area contributed by atoms with Gasteiger partial charge in [-0.25, -0.2) is 14.5 Å². The lowest BCUT2D eigenvalue weighted by molar-refractivity contribution is -0.189. The van der Waals surface area contributed by atoms with Gasteiger partial charge < -0.3 is 14.4 Å². The molecule has 1 N–H and O–H groups in total. The lowest BCUT2D eigenvalue weighted by Gasteiger charge is -2.33. The highest BCUT2D eigenvalue weighted by Crippen LogP contribution is 2.60. The summed E-state index contributed by atoms with van der Waals surface area (Å²) in [7, 11) is 1.83. The monoisotopic (exact) mass is 727 g/mol. The number of nitrogens with one attached hydrogen (secondary N) is 1. The number of likely N-dealkylation sites (tertiary alicyclic amines) is 1. The second kappa shape index (κ2) is 15.2. The van der Waals surface area contributed by atoms with Crippen LogP contribution in [0, 0.1) is 11.3 Å². The van der Waals surface area contributed by atoms with Crippen molar-refractivity contribution in [2.24, 2.45) is 16.4 Å². The Kier molecular flexibility index (Phi) is 11.9. The van der Waals surface area contributed by atoms with Gasteiger partial charge in [-0.05, 0) is 97.3 Å². The molecule has 2 amide bonds. The van der Waals surface area contributed by atoms with E-state index >= 15 is 0 Å². The number of aromatic nitrogens is 3. The fourth-order valence-corrected chi connectivity index (χ4v) is 6.52. The maximum Gasteiger partial charge on any atom is 0.410 e. The van der Waals surface area contributed by atoms with E-state index in [0.29, 0.717) is 24.0 Å². The zero-order chi connectivity index (χ0) is 36.2. The van der Waals surface area contributed by atoms with Crippen molar-refractivity contribution in [1.82, 2.24) is 29.4 Å². The molecular formula is C33H45ClF3N7O4S. The molecule has 2 aliphatic rings. The highest BCUT2D eigenvalue weighted by Gasteiger charge is 2.62. The van der Waals surface area contributed by atoms with E-state index in [1.54, 1.807) is 28.2 Å². The number of amides is 2. The summed E-state index contributed by atoms with van der Waals surface area (Å²) in [6, 6.07) is 4.65. The molecule has 3 heterocycles. The number of ether oxygens (including phenoxy) is 2. The van der Waals surface area contributed by atoms with Crippen molar-refractivity contribution < 1.29 is 32.2 Å². The Balaban J connectivity index is 1.24. The van der Waals surface area contributed by atoms with Crippen molar-refractivity contribution in [1.29, 1.82) is 0 Å². The van der Waals surface area contributed by atoms with Crippen LogP contribution in [-0.4, -0.2) is 85.8 Å². The molecule has 2 aromatic heterocycles. The van der Waals surface area contributed by atoms with Crippen molar-refractivity contribution in [3.05, 3.63) is 47.8 Å². The number of hydrazone groups is 1. The fraction of sp³-hybridized carbons (Fsp3) is 0.606. The first-order valence-corrected chi connectivity index (χ1v) is 17.3. The Morgan fingerprint density at radius 1 is 1.24 bits per heavy atom. The van der Waals surface area contributed by atoms with Gasteiger partial charge in [0.2, 0.25) is 5.88 Å². The molecule has 1 atom stereocenters. The number of carbonyl (C=O) groups is 2.